The molecular formula is C31H52O3Si. The molecule has 1 aliphatic carbocycles. The quantitative estimate of drug-likeness (QED) is 0.209. The molecule has 35 heavy (non-hydrogen) atoms. The number of hydrogen-bond acceptors (Lipinski definition) is 3. The molecule has 1 heterocycles. The SMILES string of the molecule is CCCCCCC(C)(C)c1cc2c(c(O[Si](C)(C)C(C)(C)C)c1)[C@@H]1CC(CO)=CC[C@H]1C(C)(C)O2. The molecule has 198 valence electrons. The summed E-state index contributed by atoms with van der Waals surface area (Å²) in [5.41, 5.74) is 3.51. The third-order valence-electron chi connectivity index (χ3n) is 9.18. The number of ether oxygens (including phenoxy) is 1. The van der Waals surface area contributed by atoms with Gasteiger partial charge in [0, 0.05) is 17.4 Å². The zero-order valence-corrected chi connectivity index (χ0v) is 25.3. The maximum atomic E-state index is 9.97. The lowest BCUT2D eigenvalue weighted by Gasteiger charge is -2.48. The molecule has 0 radical (unpaired) electrons. The van der Waals surface area contributed by atoms with Crippen LogP contribution in [0.3, 0.4) is 0 Å². The highest BCUT2D eigenvalue weighted by Crippen LogP contribution is 2.56. The van der Waals surface area contributed by atoms with Crippen LogP contribution in [0.2, 0.25) is 18.1 Å². The van der Waals surface area contributed by atoms with Crippen LogP contribution < -0.4 is 9.16 Å². The molecule has 3 rings (SSSR count). The standard InChI is InChI=1S/C31H52O3Si/c1-11-12-13-14-17-30(5,6)23-19-26-28(27(20-23)34-35(9,10)29(2,3)4)24-18-22(21-32)15-16-25(24)31(7,8)33-26/h15,19-20,24-25,32H,11-14,16-18,21H2,1-10H3/t24-,25-/m1/s1. The molecule has 0 spiro atoms. The highest BCUT2D eigenvalue weighted by atomic mass is 28.4. The molecule has 4 heteroatoms. The molecule has 0 saturated heterocycles. The minimum atomic E-state index is -2.06. The highest BCUT2D eigenvalue weighted by Gasteiger charge is 2.48. The monoisotopic (exact) mass is 500 g/mol. The van der Waals surface area contributed by atoms with Crippen molar-refractivity contribution in [3.05, 3.63) is 34.9 Å². The average Bonchev–Trinajstić information content (AvgIpc) is 2.74. The Morgan fingerprint density at radius 3 is 2.37 bits per heavy atom. The molecular weight excluding hydrogens is 448 g/mol. The summed E-state index contributed by atoms with van der Waals surface area (Å²) >= 11 is 0. The molecule has 0 bridgehead atoms. The summed E-state index contributed by atoms with van der Waals surface area (Å²) < 4.78 is 13.9. The zero-order valence-electron chi connectivity index (χ0n) is 24.3. The molecule has 0 amide bonds. The minimum Gasteiger partial charge on any atom is -0.543 e. The van der Waals surface area contributed by atoms with Crippen LogP contribution in [0.5, 0.6) is 11.5 Å². The van der Waals surface area contributed by atoms with Gasteiger partial charge in [-0.25, -0.2) is 0 Å². The second-order valence-electron chi connectivity index (χ2n) is 13.8. The molecule has 0 saturated carbocycles. The van der Waals surface area contributed by atoms with Crippen LogP contribution in [0, 0.1) is 5.92 Å². The molecule has 3 nitrogen and oxygen atoms in total. The van der Waals surface area contributed by atoms with Gasteiger partial charge >= 0.3 is 0 Å². The fraction of sp³-hybridized carbons (Fsp3) is 0.742. The van der Waals surface area contributed by atoms with Gasteiger partial charge in [0.15, 0.2) is 0 Å². The van der Waals surface area contributed by atoms with Gasteiger partial charge in [-0.2, -0.15) is 0 Å². The minimum absolute atomic E-state index is 0.0569. The van der Waals surface area contributed by atoms with Gasteiger partial charge in [0.05, 0.1) is 6.61 Å². The molecule has 0 unspecified atom stereocenters. The summed E-state index contributed by atoms with van der Waals surface area (Å²) in [6.07, 6.45) is 10.3. The van der Waals surface area contributed by atoms with Gasteiger partial charge in [0.1, 0.15) is 17.1 Å². The summed E-state index contributed by atoms with van der Waals surface area (Å²) in [6, 6.07) is 4.68. The van der Waals surface area contributed by atoms with Crippen LogP contribution in [-0.2, 0) is 5.41 Å². The molecule has 1 aliphatic heterocycles. The molecule has 0 fully saturated rings. The van der Waals surface area contributed by atoms with Crippen LogP contribution >= 0.6 is 0 Å². The first kappa shape index (κ1) is 28.3. The molecule has 1 aromatic carbocycles. The Labute approximate surface area is 216 Å². The third-order valence-corrected chi connectivity index (χ3v) is 13.5. The van der Waals surface area contributed by atoms with Gasteiger partial charge in [0.25, 0.3) is 0 Å². The predicted octanol–water partition coefficient (Wildman–Crippen LogP) is 8.90. The fourth-order valence-electron chi connectivity index (χ4n) is 5.62. The van der Waals surface area contributed by atoms with Crippen LogP contribution in [0.4, 0.5) is 0 Å². The van der Waals surface area contributed by atoms with E-state index in [0.29, 0.717) is 11.8 Å². The van der Waals surface area contributed by atoms with Gasteiger partial charge in [-0.1, -0.05) is 73.3 Å². The Balaban J connectivity index is 2.13. The van der Waals surface area contributed by atoms with Gasteiger partial charge in [-0.15, -0.1) is 0 Å². The van der Waals surface area contributed by atoms with E-state index in [2.05, 4.69) is 86.7 Å². The van der Waals surface area contributed by atoms with Gasteiger partial charge in [0.2, 0.25) is 8.32 Å². The van der Waals surface area contributed by atoms with E-state index in [0.717, 1.165) is 36.3 Å². The van der Waals surface area contributed by atoms with Crippen molar-refractivity contribution in [3.8, 4) is 11.5 Å². The second kappa shape index (κ2) is 10.2. The Morgan fingerprint density at radius 2 is 1.77 bits per heavy atom. The van der Waals surface area contributed by atoms with Crippen molar-refractivity contribution in [2.75, 3.05) is 6.61 Å². The molecule has 2 aliphatic rings. The first-order chi connectivity index (χ1) is 16.1. The highest BCUT2D eigenvalue weighted by molar-refractivity contribution is 6.74. The summed E-state index contributed by atoms with van der Waals surface area (Å²) in [6.45, 7) is 23.2. The van der Waals surface area contributed by atoms with E-state index in [1.807, 2.05) is 0 Å². The van der Waals surface area contributed by atoms with Crippen LogP contribution in [-0.4, -0.2) is 25.6 Å². The van der Waals surface area contributed by atoms with Crippen molar-refractivity contribution in [2.24, 2.45) is 5.92 Å². The van der Waals surface area contributed by atoms with E-state index in [4.69, 9.17) is 9.16 Å². The summed E-state index contributed by atoms with van der Waals surface area (Å²) in [5.74, 6) is 2.72. The summed E-state index contributed by atoms with van der Waals surface area (Å²) in [4.78, 5) is 0. The van der Waals surface area contributed by atoms with Gasteiger partial charge in [-0.05, 0) is 79.9 Å². The Morgan fingerprint density at radius 1 is 1.09 bits per heavy atom. The lowest BCUT2D eigenvalue weighted by Crippen LogP contribution is -2.47. The van der Waals surface area contributed by atoms with E-state index < -0.39 is 8.32 Å². The lowest BCUT2D eigenvalue weighted by molar-refractivity contribution is 0.00690. The lowest BCUT2D eigenvalue weighted by atomic mass is 9.66. The number of hydrogen-bond donors (Lipinski definition) is 1. The summed E-state index contributed by atoms with van der Waals surface area (Å²) in [5, 5.41) is 10.1. The van der Waals surface area contributed by atoms with Gasteiger partial charge in [-0.3, -0.25) is 0 Å². The van der Waals surface area contributed by atoms with Crippen molar-refractivity contribution < 1.29 is 14.3 Å². The topological polar surface area (TPSA) is 38.7 Å². The molecule has 1 aromatic rings. The van der Waals surface area contributed by atoms with Crippen LogP contribution in [0.1, 0.15) is 117 Å². The van der Waals surface area contributed by atoms with E-state index in [-0.39, 0.29) is 22.7 Å². The van der Waals surface area contributed by atoms with E-state index in [1.165, 1.54) is 36.8 Å². The molecule has 1 N–H and O–H groups in total. The Kier molecular flexibility index (Phi) is 8.29. The Bertz CT molecular complexity index is 920. The fourth-order valence-corrected chi connectivity index (χ4v) is 6.64. The van der Waals surface area contributed by atoms with E-state index in [1.54, 1.807) is 0 Å². The third kappa shape index (κ3) is 6.01. The number of rotatable bonds is 9. The number of fused-ring (bicyclic) bond motifs is 3. The molecule has 2 atom stereocenters. The number of aliphatic hydroxyl groups excluding tert-OH is 1. The zero-order chi connectivity index (χ0) is 26.2. The van der Waals surface area contributed by atoms with E-state index in [9.17, 15) is 5.11 Å². The van der Waals surface area contributed by atoms with Crippen LogP contribution in [0.25, 0.3) is 0 Å². The van der Waals surface area contributed by atoms with Crippen molar-refractivity contribution in [1.82, 2.24) is 0 Å². The van der Waals surface area contributed by atoms with Crippen molar-refractivity contribution in [3.63, 3.8) is 0 Å². The molecule has 0 aromatic heterocycles. The number of aliphatic hydroxyl groups is 1. The maximum Gasteiger partial charge on any atom is 0.250 e. The maximum absolute atomic E-state index is 9.97. The number of allylic oxidation sites excluding steroid dienone is 1. The Hall–Kier alpha value is -1.26. The second-order valence-corrected chi connectivity index (χ2v) is 18.5. The number of unbranched alkanes of at least 4 members (excludes halogenated alkanes) is 3. The normalized spacial score (nSPS) is 22.1. The summed E-state index contributed by atoms with van der Waals surface area (Å²) in [7, 11) is -2.06. The van der Waals surface area contributed by atoms with Crippen molar-refractivity contribution in [1.29, 1.82) is 0 Å². The van der Waals surface area contributed by atoms with Gasteiger partial charge < -0.3 is 14.3 Å². The van der Waals surface area contributed by atoms with Crippen LogP contribution in [0.15, 0.2) is 23.8 Å². The van der Waals surface area contributed by atoms with Crippen molar-refractivity contribution in [2.45, 2.75) is 135 Å². The largest absolute Gasteiger partial charge is 0.543 e. The van der Waals surface area contributed by atoms with E-state index >= 15 is 0 Å². The number of benzene rings is 1. The van der Waals surface area contributed by atoms with Crippen molar-refractivity contribution >= 4 is 8.32 Å². The average molecular weight is 501 g/mol. The first-order valence-electron chi connectivity index (χ1n) is 14.0. The predicted molar refractivity (Wildman–Crippen MR) is 151 cm³/mol. The smallest absolute Gasteiger partial charge is 0.250 e. The first-order valence-corrected chi connectivity index (χ1v) is 16.9.